The Morgan fingerprint density at radius 1 is 1.37 bits per heavy atom. The molecule has 7 heteroatoms. The van der Waals surface area contributed by atoms with Crippen molar-refractivity contribution in [2.24, 2.45) is 5.84 Å². The maximum atomic E-state index is 11.6. The van der Waals surface area contributed by atoms with Gasteiger partial charge in [-0.1, -0.05) is 18.2 Å². The second kappa shape index (κ2) is 6.65. The molecule has 106 valence electrons. The van der Waals surface area contributed by atoms with Crippen molar-refractivity contribution >= 4 is 15.7 Å². The van der Waals surface area contributed by atoms with Gasteiger partial charge in [0.1, 0.15) is 9.84 Å². The minimum absolute atomic E-state index is 0.0920. The summed E-state index contributed by atoms with van der Waals surface area (Å²) in [5.74, 6) is 4.86. The number of hydrogen-bond donors (Lipinski definition) is 2. The summed E-state index contributed by atoms with van der Waals surface area (Å²) >= 11 is 0. The van der Waals surface area contributed by atoms with Crippen molar-refractivity contribution in [3.05, 3.63) is 35.4 Å². The first-order valence-corrected chi connectivity index (χ1v) is 7.84. The van der Waals surface area contributed by atoms with Gasteiger partial charge in [-0.25, -0.2) is 14.3 Å². The number of benzene rings is 1. The molecule has 0 bridgehead atoms. The van der Waals surface area contributed by atoms with Gasteiger partial charge in [0, 0.05) is 24.9 Å². The van der Waals surface area contributed by atoms with Gasteiger partial charge < -0.3 is 4.90 Å². The number of carbonyl (C=O) groups is 1. The molecule has 6 nitrogen and oxygen atoms in total. The molecule has 0 spiro atoms. The summed E-state index contributed by atoms with van der Waals surface area (Å²) in [6.45, 7) is 0.899. The first kappa shape index (κ1) is 15.6. The molecule has 0 heterocycles. The Balaban J connectivity index is 2.74. The van der Waals surface area contributed by atoms with E-state index in [0.29, 0.717) is 18.7 Å². The molecule has 0 radical (unpaired) electrons. The number of sulfone groups is 1. The van der Waals surface area contributed by atoms with Crippen molar-refractivity contribution in [3.63, 3.8) is 0 Å². The van der Waals surface area contributed by atoms with Crippen LogP contribution >= 0.6 is 0 Å². The zero-order chi connectivity index (χ0) is 14.5. The first-order chi connectivity index (χ1) is 8.83. The number of nitrogens with two attached hydrogens (primary N) is 1. The molecular weight excluding hydrogens is 266 g/mol. The Bertz CT molecular complexity index is 543. The van der Waals surface area contributed by atoms with Crippen molar-refractivity contribution in [3.8, 4) is 0 Å². The molecule has 1 aromatic rings. The zero-order valence-corrected chi connectivity index (χ0v) is 11.9. The van der Waals surface area contributed by atoms with Gasteiger partial charge in [-0.2, -0.15) is 0 Å². The van der Waals surface area contributed by atoms with Crippen LogP contribution in [0.2, 0.25) is 0 Å². The molecule has 3 N–H and O–H groups in total. The Morgan fingerprint density at radius 2 is 2.00 bits per heavy atom. The molecule has 0 aliphatic carbocycles. The van der Waals surface area contributed by atoms with E-state index in [9.17, 15) is 13.2 Å². The van der Waals surface area contributed by atoms with E-state index in [1.807, 2.05) is 24.1 Å². The molecule has 1 rings (SSSR count). The Kier molecular flexibility index (Phi) is 5.46. The molecule has 0 saturated heterocycles. The minimum atomic E-state index is -2.98. The second-order valence-electron chi connectivity index (χ2n) is 4.50. The SMILES string of the molecule is CN(CCS(C)(=O)=O)Cc1ccccc1C(=O)NN. The Hall–Kier alpha value is -1.44. The van der Waals surface area contributed by atoms with Gasteiger partial charge in [-0.05, 0) is 18.7 Å². The highest BCUT2D eigenvalue weighted by Crippen LogP contribution is 2.10. The fraction of sp³-hybridized carbons (Fsp3) is 0.417. The van der Waals surface area contributed by atoms with E-state index in [1.165, 1.54) is 6.26 Å². The first-order valence-electron chi connectivity index (χ1n) is 5.78. The predicted octanol–water partition coefficient (Wildman–Crippen LogP) is -0.233. The monoisotopic (exact) mass is 285 g/mol. The van der Waals surface area contributed by atoms with Crippen LogP contribution < -0.4 is 11.3 Å². The molecule has 0 atom stereocenters. The van der Waals surface area contributed by atoms with Crippen LogP contribution in [0.15, 0.2) is 24.3 Å². The van der Waals surface area contributed by atoms with Crippen LogP contribution in [0.1, 0.15) is 15.9 Å². The zero-order valence-electron chi connectivity index (χ0n) is 11.1. The predicted molar refractivity (Wildman–Crippen MR) is 74.1 cm³/mol. The summed E-state index contributed by atoms with van der Waals surface area (Å²) in [7, 11) is -1.18. The largest absolute Gasteiger partial charge is 0.301 e. The van der Waals surface area contributed by atoms with E-state index in [-0.39, 0.29) is 11.7 Å². The third-order valence-electron chi connectivity index (χ3n) is 2.68. The number of rotatable bonds is 6. The smallest absolute Gasteiger partial charge is 0.265 e. The van der Waals surface area contributed by atoms with E-state index in [0.717, 1.165) is 5.56 Å². The topological polar surface area (TPSA) is 92.5 Å². The van der Waals surface area contributed by atoms with Crippen LogP contribution in [0.3, 0.4) is 0 Å². The summed E-state index contributed by atoms with van der Waals surface area (Å²) in [5, 5.41) is 0. The lowest BCUT2D eigenvalue weighted by Gasteiger charge is -2.17. The van der Waals surface area contributed by atoms with Crippen molar-refractivity contribution in [2.75, 3.05) is 25.6 Å². The van der Waals surface area contributed by atoms with E-state index in [4.69, 9.17) is 5.84 Å². The standard InChI is InChI=1S/C12H19N3O3S/c1-15(7-8-19(2,17)18)9-10-5-3-4-6-11(10)12(16)14-13/h3-6H,7-9,13H2,1-2H3,(H,14,16). The average Bonchev–Trinajstić information content (AvgIpc) is 2.35. The van der Waals surface area contributed by atoms with E-state index < -0.39 is 9.84 Å². The normalized spacial score (nSPS) is 11.6. The third kappa shape index (κ3) is 5.37. The number of hydrazine groups is 1. The summed E-state index contributed by atoms with van der Waals surface area (Å²) < 4.78 is 22.2. The molecular formula is C12H19N3O3S. The summed E-state index contributed by atoms with van der Waals surface area (Å²) in [6.07, 6.45) is 1.21. The van der Waals surface area contributed by atoms with Gasteiger partial charge >= 0.3 is 0 Å². The minimum Gasteiger partial charge on any atom is -0.301 e. The van der Waals surface area contributed by atoms with E-state index in [2.05, 4.69) is 5.43 Å². The van der Waals surface area contributed by atoms with Crippen LogP contribution in [0, 0.1) is 0 Å². The van der Waals surface area contributed by atoms with Crippen molar-refractivity contribution in [2.45, 2.75) is 6.54 Å². The third-order valence-corrected chi connectivity index (χ3v) is 3.60. The van der Waals surface area contributed by atoms with E-state index >= 15 is 0 Å². The van der Waals surface area contributed by atoms with Gasteiger partial charge in [0.25, 0.3) is 5.91 Å². The number of amides is 1. The Morgan fingerprint density at radius 3 is 2.58 bits per heavy atom. The van der Waals surface area contributed by atoms with E-state index in [1.54, 1.807) is 12.1 Å². The molecule has 0 saturated carbocycles. The Labute approximate surface area is 113 Å². The fourth-order valence-corrected chi connectivity index (χ4v) is 2.29. The van der Waals surface area contributed by atoms with Gasteiger partial charge in [0.2, 0.25) is 0 Å². The van der Waals surface area contributed by atoms with Crippen LogP contribution in [0.5, 0.6) is 0 Å². The number of nitrogens with zero attached hydrogens (tertiary/aromatic N) is 1. The second-order valence-corrected chi connectivity index (χ2v) is 6.76. The van der Waals surface area contributed by atoms with Gasteiger partial charge in [0.15, 0.2) is 0 Å². The molecule has 0 aliphatic heterocycles. The maximum absolute atomic E-state index is 11.6. The molecule has 0 aliphatic rings. The highest BCUT2D eigenvalue weighted by atomic mass is 32.2. The molecule has 19 heavy (non-hydrogen) atoms. The maximum Gasteiger partial charge on any atom is 0.265 e. The quantitative estimate of drug-likeness (QED) is 0.428. The van der Waals surface area contributed by atoms with Crippen molar-refractivity contribution in [1.29, 1.82) is 0 Å². The number of hydrogen-bond acceptors (Lipinski definition) is 5. The lowest BCUT2D eigenvalue weighted by atomic mass is 10.1. The van der Waals surface area contributed by atoms with Gasteiger partial charge in [0.05, 0.1) is 5.75 Å². The summed E-state index contributed by atoms with van der Waals surface area (Å²) in [4.78, 5) is 13.4. The van der Waals surface area contributed by atoms with Crippen LogP contribution in [0.4, 0.5) is 0 Å². The molecule has 1 amide bonds. The number of carbonyl (C=O) groups excluding carboxylic acids is 1. The lowest BCUT2D eigenvalue weighted by molar-refractivity contribution is 0.0952. The highest BCUT2D eigenvalue weighted by molar-refractivity contribution is 7.90. The molecule has 1 aromatic carbocycles. The van der Waals surface area contributed by atoms with Crippen LogP contribution in [-0.2, 0) is 16.4 Å². The lowest BCUT2D eigenvalue weighted by Crippen LogP contribution is -2.32. The van der Waals surface area contributed by atoms with Gasteiger partial charge in [-0.3, -0.25) is 10.2 Å². The van der Waals surface area contributed by atoms with Gasteiger partial charge in [-0.15, -0.1) is 0 Å². The van der Waals surface area contributed by atoms with Crippen molar-refractivity contribution in [1.82, 2.24) is 10.3 Å². The van der Waals surface area contributed by atoms with Crippen LogP contribution in [0.25, 0.3) is 0 Å². The molecule has 0 aromatic heterocycles. The number of nitrogen functional groups attached to an aromatic ring is 1. The van der Waals surface area contributed by atoms with Crippen molar-refractivity contribution < 1.29 is 13.2 Å². The molecule has 0 fully saturated rings. The molecule has 0 unspecified atom stereocenters. The summed E-state index contributed by atoms with van der Waals surface area (Å²) in [6, 6.07) is 7.08. The highest BCUT2D eigenvalue weighted by Gasteiger charge is 2.12. The average molecular weight is 285 g/mol. The van der Waals surface area contributed by atoms with Crippen LogP contribution in [-0.4, -0.2) is 44.8 Å². The number of nitrogens with one attached hydrogen (secondary N) is 1. The summed E-state index contributed by atoms with van der Waals surface area (Å²) in [5.41, 5.74) is 3.40. The fourth-order valence-electron chi connectivity index (χ4n) is 1.65.